The second-order valence-electron chi connectivity index (χ2n) is 6.02. The van der Waals surface area contributed by atoms with E-state index in [0.29, 0.717) is 34.9 Å². The van der Waals surface area contributed by atoms with Gasteiger partial charge in [0.2, 0.25) is 5.95 Å². The predicted molar refractivity (Wildman–Crippen MR) is 107 cm³/mol. The van der Waals surface area contributed by atoms with Crippen LogP contribution in [-0.4, -0.2) is 49.6 Å². The van der Waals surface area contributed by atoms with E-state index in [1.165, 1.54) is 7.11 Å². The summed E-state index contributed by atoms with van der Waals surface area (Å²) in [5.74, 6) is 0.844. The van der Waals surface area contributed by atoms with Crippen LogP contribution in [0.1, 0.15) is 6.92 Å². The molecule has 0 aliphatic rings. The van der Waals surface area contributed by atoms with Crippen LogP contribution in [0, 0.1) is 0 Å². The molecular weight excluding hydrogens is 372 g/mol. The van der Waals surface area contributed by atoms with Crippen LogP contribution in [0.25, 0.3) is 33.5 Å². The minimum atomic E-state index is -0.340. The van der Waals surface area contributed by atoms with Crippen molar-refractivity contribution in [1.29, 1.82) is 0 Å². The average Bonchev–Trinajstić information content (AvgIpc) is 3.16. The SMILES string of the molecule is CCNC(=O)Nc1nc2c(-c3ncccn3)cc(-c3cnc(OC)nc3)cc2[nH]1. The van der Waals surface area contributed by atoms with Crippen LogP contribution in [0.4, 0.5) is 10.7 Å². The Morgan fingerprint density at radius 2 is 1.86 bits per heavy atom. The van der Waals surface area contributed by atoms with Gasteiger partial charge in [0.05, 0.1) is 12.6 Å². The number of methoxy groups -OCH3 is 1. The number of carbonyl (C=O) groups excluding carboxylic acids is 1. The number of H-pyrrole nitrogens is 1. The molecular formula is C19H18N8O2. The molecule has 3 heterocycles. The van der Waals surface area contributed by atoms with Crippen LogP contribution in [-0.2, 0) is 0 Å². The molecule has 4 rings (SSSR count). The van der Waals surface area contributed by atoms with Gasteiger partial charge < -0.3 is 15.0 Å². The van der Waals surface area contributed by atoms with Gasteiger partial charge in [-0.05, 0) is 30.7 Å². The topological polar surface area (TPSA) is 131 Å². The number of carbonyl (C=O) groups is 1. The smallest absolute Gasteiger partial charge is 0.321 e. The first-order chi connectivity index (χ1) is 14.2. The number of nitrogens with zero attached hydrogens (tertiary/aromatic N) is 5. The van der Waals surface area contributed by atoms with E-state index in [2.05, 4.69) is 40.5 Å². The highest BCUT2D eigenvalue weighted by Crippen LogP contribution is 2.32. The zero-order valence-electron chi connectivity index (χ0n) is 15.8. The molecule has 2 amide bonds. The Bertz CT molecular complexity index is 1140. The van der Waals surface area contributed by atoms with E-state index < -0.39 is 0 Å². The number of hydrogen-bond donors (Lipinski definition) is 3. The summed E-state index contributed by atoms with van der Waals surface area (Å²) in [4.78, 5) is 36.5. The molecule has 29 heavy (non-hydrogen) atoms. The zero-order chi connectivity index (χ0) is 20.2. The van der Waals surface area contributed by atoms with Crippen LogP contribution in [0.15, 0.2) is 43.0 Å². The molecule has 146 valence electrons. The summed E-state index contributed by atoms with van der Waals surface area (Å²) in [5, 5.41) is 5.36. The van der Waals surface area contributed by atoms with Gasteiger partial charge in [-0.2, -0.15) is 0 Å². The molecule has 0 spiro atoms. The third kappa shape index (κ3) is 3.81. The zero-order valence-corrected chi connectivity index (χ0v) is 15.8. The van der Waals surface area contributed by atoms with Gasteiger partial charge in [-0.3, -0.25) is 5.32 Å². The summed E-state index contributed by atoms with van der Waals surface area (Å²) in [6, 6.07) is 5.51. The molecule has 0 aliphatic carbocycles. The number of ether oxygens (including phenoxy) is 1. The fourth-order valence-corrected chi connectivity index (χ4v) is 2.83. The first kappa shape index (κ1) is 18.3. The van der Waals surface area contributed by atoms with Gasteiger partial charge in [-0.1, -0.05) is 0 Å². The second-order valence-corrected chi connectivity index (χ2v) is 6.02. The number of aromatic amines is 1. The number of hydrogen-bond acceptors (Lipinski definition) is 7. The molecule has 1 aromatic carbocycles. The average molecular weight is 390 g/mol. The monoisotopic (exact) mass is 390 g/mol. The summed E-state index contributed by atoms with van der Waals surface area (Å²) in [6.45, 7) is 2.35. The maximum Gasteiger partial charge on any atom is 0.321 e. The summed E-state index contributed by atoms with van der Waals surface area (Å²) in [6.07, 6.45) is 6.68. The van der Waals surface area contributed by atoms with Gasteiger partial charge in [0.1, 0.15) is 5.52 Å². The van der Waals surface area contributed by atoms with E-state index in [-0.39, 0.29) is 12.0 Å². The molecule has 0 unspecified atom stereocenters. The van der Waals surface area contributed by atoms with Crippen LogP contribution in [0.5, 0.6) is 6.01 Å². The molecule has 0 atom stereocenters. The number of amides is 2. The first-order valence-corrected chi connectivity index (χ1v) is 8.90. The highest BCUT2D eigenvalue weighted by molar-refractivity contribution is 5.97. The second kappa shape index (κ2) is 7.89. The minimum Gasteiger partial charge on any atom is -0.467 e. The quantitative estimate of drug-likeness (QED) is 0.477. The lowest BCUT2D eigenvalue weighted by Crippen LogP contribution is -2.28. The van der Waals surface area contributed by atoms with E-state index >= 15 is 0 Å². The molecule has 0 bridgehead atoms. The lowest BCUT2D eigenvalue weighted by atomic mass is 10.0. The Hall–Kier alpha value is -4.08. The van der Waals surface area contributed by atoms with Crippen molar-refractivity contribution in [3.8, 4) is 28.5 Å². The fourth-order valence-electron chi connectivity index (χ4n) is 2.83. The van der Waals surface area contributed by atoms with Gasteiger partial charge in [0.15, 0.2) is 5.82 Å². The van der Waals surface area contributed by atoms with E-state index in [0.717, 1.165) is 11.1 Å². The number of nitrogens with one attached hydrogen (secondary N) is 3. The number of aromatic nitrogens is 6. The Kier molecular flexibility index (Phi) is 4.97. The van der Waals surface area contributed by atoms with Crippen molar-refractivity contribution in [2.75, 3.05) is 19.0 Å². The molecule has 3 N–H and O–H groups in total. The number of fused-ring (bicyclic) bond motifs is 1. The number of anilines is 1. The van der Waals surface area contributed by atoms with Gasteiger partial charge >= 0.3 is 12.0 Å². The molecule has 0 saturated heterocycles. The molecule has 0 aliphatic heterocycles. The summed E-state index contributed by atoms with van der Waals surface area (Å²) >= 11 is 0. The van der Waals surface area contributed by atoms with E-state index in [1.807, 2.05) is 19.1 Å². The van der Waals surface area contributed by atoms with Crippen LogP contribution in [0.3, 0.4) is 0 Å². The highest BCUT2D eigenvalue weighted by Gasteiger charge is 2.15. The van der Waals surface area contributed by atoms with Crippen molar-refractivity contribution in [2.45, 2.75) is 6.92 Å². The van der Waals surface area contributed by atoms with Gasteiger partial charge in [-0.25, -0.2) is 29.7 Å². The third-order valence-electron chi connectivity index (χ3n) is 4.11. The lowest BCUT2D eigenvalue weighted by Gasteiger charge is -2.06. The largest absolute Gasteiger partial charge is 0.467 e. The number of rotatable bonds is 5. The standard InChI is InChI=1S/C19H18N8O2/c1-3-20-18(28)27-17-25-14-8-11(12-9-23-19(29-2)24-10-12)7-13(15(14)26-17)16-21-5-4-6-22-16/h4-10H,3H2,1-2H3,(H3,20,25,26,27,28). The molecule has 0 radical (unpaired) electrons. The van der Waals surface area contributed by atoms with Crippen molar-refractivity contribution in [3.05, 3.63) is 43.0 Å². The van der Waals surface area contributed by atoms with Crippen LogP contribution >= 0.6 is 0 Å². The molecule has 10 nitrogen and oxygen atoms in total. The van der Waals surface area contributed by atoms with Gasteiger partial charge in [-0.15, -0.1) is 0 Å². The van der Waals surface area contributed by atoms with Crippen molar-refractivity contribution < 1.29 is 9.53 Å². The predicted octanol–water partition coefficient (Wildman–Crippen LogP) is 2.63. The van der Waals surface area contributed by atoms with Crippen molar-refractivity contribution in [3.63, 3.8) is 0 Å². The van der Waals surface area contributed by atoms with E-state index in [9.17, 15) is 4.79 Å². The molecule has 0 fully saturated rings. The lowest BCUT2D eigenvalue weighted by molar-refractivity contribution is 0.252. The molecule has 0 saturated carbocycles. The van der Waals surface area contributed by atoms with E-state index in [1.54, 1.807) is 30.9 Å². The highest BCUT2D eigenvalue weighted by atomic mass is 16.5. The molecule has 4 aromatic rings. The summed E-state index contributed by atoms with van der Waals surface area (Å²) in [5.41, 5.74) is 3.70. The number of benzene rings is 1. The maximum atomic E-state index is 11.9. The summed E-state index contributed by atoms with van der Waals surface area (Å²) < 4.78 is 5.02. The van der Waals surface area contributed by atoms with Gasteiger partial charge in [0.25, 0.3) is 0 Å². The Morgan fingerprint density at radius 3 is 2.55 bits per heavy atom. The Morgan fingerprint density at radius 1 is 1.10 bits per heavy atom. The van der Waals surface area contributed by atoms with Crippen molar-refractivity contribution in [1.82, 2.24) is 35.2 Å². The molecule has 10 heteroatoms. The van der Waals surface area contributed by atoms with Crippen molar-refractivity contribution in [2.24, 2.45) is 0 Å². The Balaban J connectivity index is 1.84. The first-order valence-electron chi connectivity index (χ1n) is 8.90. The maximum absolute atomic E-state index is 11.9. The minimum absolute atomic E-state index is 0.288. The van der Waals surface area contributed by atoms with Crippen LogP contribution in [0.2, 0.25) is 0 Å². The summed E-state index contributed by atoms with van der Waals surface area (Å²) in [7, 11) is 1.51. The number of urea groups is 1. The van der Waals surface area contributed by atoms with Crippen LogP contribution < -0.4 is 15.4 Å². The fraction of sp³-hybridized carbons (Fsp3) is 0.158. The Labute approximate surface area is 165 Å². The van der Waals surface area contributed by atoms with Crippen molar-refractivity contribution >= 4 is 23.0 Å². The number of imidazole rings is 1. The van der Waals surface area contributed by atoms with Gasteiger partial charge in [0, 0.05) is 42.5 Å². The molecule has 3 aromatic heterocycles. The van der Waals surface area contributed by atoms with E-state index in [4.69, 9.17) is 4.74 Å². The normalized spacial score (nSPS) is 10.7. The third-order valence-corrected chi connectivity index (χ3v) is 4.11.